The van der Waals surface area contributed by atoms with E-state index in [-0.39, 0.29) is 17.9 Å². The van der Waals surface area contributed by atoms with Crippen molar-refractivity contribution < 1.29 is 14.3 Å². The maximum Gasteiger partial charge on any atom is 0.225 e. The first kappa shape index (κ1) is 24.9. The van der Waals surface area contributed by atoms with E-state index < -0.39 is 0 Å². The largest absolute Gasteiger partial charge is 0.497 e. The number of nitrogens with one attached hydrogen (secondary N) is 1. The van der Waals surface area contributed by atoms with Crippen LogP contribution in [0.2, 0.25) is 0 Å². The smallest absolute Gasteiger partial charge is 0.225 e. The van der Waals surface area contributed by atoms with Gasteiger partial charge in [0.15, 0.2) is 5.82 Å². The van der Waals surface area contributed by atoms with Crippen LogP contribution in [0.5, 0.6) is 11.5 Å². The molecule has 1 fully saturated rings. The summed E-state index contributed by atoms with van der Waals surface area (Å²) in [6.45, 7) is 5.50. The fourth-order valence-electron chi connectivity index (χ4n) is 4.30. The lowest BCUT2D eigenvalue weighted by molar-refractivity contribution is -0.125. The average molecular weight is 493 g/mol. The molecule has 0 saturated carbocycles. The molecule has 4 rings (SSSR count). The Kier molecular flexibility index (Phi) is 8.13. The standard InChI is InChI=1S/C27H32N4O3S/c1-18-7-10-22(11-8-18)35-27-25(28-13-14-29-27)31-15-5-6-20(17-31)26(32)30-19(2)23-16-21(33-3)9-12-24(23)34-4/h7-14,16,19-20H,5-6,15,17H2,1-4H3,(H,30,32)/t19-,20+/m0/s1. The van der Waals surface area contributed by atoms with Crippen LogP contribution in [-0.2, 0) is 4.79 Å². The first-order chi connectivity index (χ1) is 17.0. The third-order valence-electron chi connectivity index (χ3n) is 6.24. The van der Waals surface area contributed by atoms with Gasteiger partial charge in [0.05, 0.1) is 26.2 Å². The predicted octanol–water partition coefficient (Wildman–Crippen LogP) is 5.05. The van der Waals surface area contributed by atoms with Crippen molar-refractivity contribution in [3.05, 3.63) is 66.0 Å². The number of piperidine rings is 1. The van der Waals surface area contributed by atoms with Gasteiger partial charge in [0.25, 0.3) is 0 Å². The Balaban J connectivity index is 1.46. The number of ether oxygens (including phenoxy) is 2. The average Bonchev–Trinajstić information content (AvgIpc) is 2.90. The highest BCUT2D eigenvalue weighted by molar-refractivity contribution is 7.99. The van der Waals surface area contributed by atoms with Gasteiger partial charge in [-0.25, -0.2) is 9.97 Å². The summed E-state index contributed by atoms with van der Waals surface area (Å²) < 4.78 is 10.9. The Bertz CT molecular complexity index is 1160. The van der Waals surface area contributed by atoms with Crippen molar-refractivity contribution in [2.75, 3.05) is 32.2 Å². The number of rotatable bonds is 8. The molecule has 1 aliphatic rings. The molecule has 0 bridgehead atoms. The van der Waals surface area contributed by atoms with Crippen molar-refractivity contribution in [2.45, 2.75) is 42.7 Å². The second-order valence-electron chi connectivity index (χ2n) is 8.72. The van der Waals surface area contributed by atoms with Crippen LogP contribution < -0.4 is 19.7 Å². The van der Waals surface area contributed by atoms with E-state index in [1.165, 1.54) is 5.56 Å². The topological polar surface area (TPSA) is 76.6 Å². The molecule has 184 valence electrons. The van der Waals surface area contributed by atoms with E-state index >= 15 is 0 Å². The molecule has 2 heterocycles. The second-order valence-corrected chi connectivity index (χ2v) is 9.79. The Morgan fingerprint density at radius 3 is 2.63 bits per heavy atom. The lowest BCUT2D eigenvalue weighted by Crippen LogP contribution is -2.44. The lowest BCUT2D eigenvalue weighted by atomic mass is 9.96. The number of hydrogen-bond donors (Lipinski definition) is 1. The molecule has 7 nitrogen and oxygen atoms in total. The van der Waals surface area contributed by atoms with Crippen molar-refractivity contribution >= 4 is 23.5 Å². The minimum absolute atomic E-state index is 0.0312. The summed E-state index contributed by atoms with van der Waals surface area (Å²) in [4.78, 5) is 25.8. The SMILES string of the molecule is COc1ccc(OC)c([C@H](C)NC(=O)[C@@H]2CCCN(c3nccnc3Sc3ccc(C)cc3)C2)c1. The molecule has 0 unspecified atom stereocenters. The highest BCUT2D eigenvalue weighted by atomic mass is 32.2. The molecule has 1 amide bonds. The van der Waals surface area contributed by atoms with E-state index in [2.05, 4.69) is 51.4 Å². The van der Waals surface area contributed by atoms with Gasteiger partial charge < -0.3 is 19.7 Å². The summed E-state index contributed by atoms with van der Waals surface area (Å²) in [5.41, 5.74) is 2.11. The summed E-state index contributed by atoms with van der Waals surface area (Å²) in [6.07, 6.45) is 5.19. The molecule has 1 N–H and O–H groups in total. The van der Waals surface area contributed by atoms with Crippen molar-refractivity contribution in [2.24, 2.45) is 5.92 Å². The number of anilines is 1. The zero-order valence-corrected chi connectivity index (χ0v) is 21.5. The second kappa shape index (κ2) is 11.4. The lowest BCUT2D eigenvalue weighted by Gasteiger charge is -2.34. The van der Waals surface area contributed by atoms with Crippen LogP contribution in [-0.4, -0.2) is 43.2 Å². The third kappa shape index (κ3) is 6.06. The van der Waals surface area contributed by atoms with Gasteiger partial charge in [-0.3, -0.25) is 4.79 Å². The number of methoxy groups -OCH3 is 2. The quantitative estimate of drug-likeness (QED) is 0.472. The van der Waals surface area contributed by atoms with Gasteiger partial charge in [0.2, 0.25) is 5.91 Å². The summed E-state index contributed by atoms with van der Waals surface area (Å²) >= 11 is 1.60. The highest BCUT2D eigenvalue weighted by Gasteiger charge is 2.29. The van der Waals surface area contributed by atoms with E-state index in [0.29, 0.717) is 6.54 Å². The molecule has 2 atom stereocenters. The molecule has 35 heavy (non-hydrogen) atoms. The third-order valence-corrected chi connectivity index (χ3v) is 7.23. The fraction of sp³-hybridized carbons (Fsp3) is 0.370. The summed E-state index contributed by atoms with van der Waals surface area (Å²) in [5.74, 6) is 2.18. The van der Waals surface area contributed by atoms with Crippen molar-refractivity contribution in [3.63, 3.8) is 0 Å². The first-order valence-electron chi connectivity index (χ1n) is 11.8. The summed E-state index contributed by atoms with van der Waals surface area (Å²) in [7, 11) is 3.26. The molecule has 0 radical (unpaired) electrons. The Hall–Kier alpha value is -3.26. The number of benzene rings is 2. The Morgan fingerprint density at radius 1 is 1.11 bits per heavy atom. The number of aromatic nitrogens is 2. The van der Waals surface area contributed by atoms with E-state index in [1.807, 2.05) is 25.1 Å². The minimum atomic E-state index is -0.216. The number of carbonyl (C=O) groups is 1. The molecule has 1 aromatic heterocycles. The number of aryl methyl sites for hydroxylation is 1. The van der Waals surface area contributed by atoms with E-state index in [4.69, 9.17) is 9.47 Å². The van der Waals surface area contributed by atoms with E-state index in [1.54, 1.807) is 38.4 Å². The van der Waals surface area contributed by atoms with Crippen LogP contribution in [0.15, 0.2) is 64.8 Å². The number of hydrogen-bond acceptors (Lipinski definition) is 7. The van der Waals surface area contributed by atoms with Gasteiger partial charge in [-0.1, -0.05) is 29.5 Å². The van der Waals surface area contributed by atoms with Crippen molar-refractivity contribution in [3.8, 4) is 11.5 Å². The van der Waals surface area contributed by atoms with Crippen LogP contribution in [0.4, 0.5) is 5.82 Å². The molecule has 0 aliphatic carbocycles. The number of amides is 1. The number of nitrogens with zero attached hydrogens (tertiary/aromatic N) is 3. The first-order valence-corrected chi connectivity index (χ1v) is 12.6. The van der Waals surface area contributed by atoms with Gasteiger partial charge in [0.1, 0.15) is 16.5 Å². The minimum Gasteiger partial charge on any atom is -0.497 e. The predicted molar refractivity (Wildman–Crippen MR) is 138 cm³/mol. The zero-order chi connectivity index (χ0) is 24.8. The van der Waals surface area contributed by atoms with Gasteiger partial charge >= 0.3 is 0 Å². The fourth-order valence-corrected chi connectivity index (χ4v) is 5.18. The normalized spacial score (nSPS) is 16.5. The molecule has 2 aromatic carbocycles. The van der Waals surface area contributed by atoms with Gasteiger partial charge in [0, 0.05) is 35.9 Å². The monoisotopic (exact) mass is 492 g/mol. The molecule has 1 saturated heterocycles. The van der Waals surface area contributed by atoms with Gasteiger partial charge in [-0.05, 0) is 57.0 Å². The highest BCUT2D eigenvalue weighted by Crippen LogP contribution is 2.34. The summed E-state index contributed by atoms with van der Waals surface area (Å²) in [6, 6.07) is 13.8. The molecule has 8 heteroatoms. The van der Waals surface area contributed by atoms with Crippen LogP contribution in [0.3, 0.4) is 0 Å². The van der Waals surface area contributed by atoms with Crippen LogP contribution in [0.25, 0.3) is 0 Å². The van der Waals surface area contributed by atoms with Crippen molar-refractivity contribution in [1.82, 2.24) is 15.3 Å². The van der Waals surface area contributed by atoms with Gasteiger partial charge in [-0.15, -0.1) is 0 Å². The Morgan fingerprint density at radius 2 is 1.89 bits per heavy atom. The maximum absolute atomic E-state index is 13.3. The van der Waals surface area contributed by atoms with Crippen LogP contribution >= 0.6 is 11.8 Å². The summed E-state index contributed by atoms with van der Waals surface area (Å²) in [5, 5.41) is 4.03. The number of carbonyl (C=O) groups excluding carboxylic acids is 1. The van der Waals surface area contributed by atoms with Crippen molar-refractivity contribution in [1.29, 1.82) is 0 Å². The van der Waals surface area contributed by atoms with E-state index in [0.717, 1.165) is 52.2 Å². The maximum atomic E-state index is 13.3. The van der Waals surface area contributed by atoms with E-state index in [9.17, 15) is 4.79 Å². The zero-order valence-electron chi connectivity index (χ0n) is 20.7. The van der Waals surface area contributed by atoms with Gasteiger partial charge in [-0.2, -0.15) is 0 Å². The molecule has 0 spiro atoms. The molecular formula is C27H32N4O3S. The molecule has 1 aliphatic heterocycles. The molecule has 3 aromatic rings. The van der Waals surface area contributed by atoms with Crippen LogP contribution in [0.1, 0.15) is 36.9 Å². The van der Waals surface area contributed by atoms with Crippen LogP contribution in [0, 0.1) is 12.8 Å². The Labute approximate surface area is 211 Å². The molecular weight excluding hydrogens is 460 g/mol.